The number of benzene rings is 1. The van der Waals surface area contributed by atoms with Crippen molar-refractivity contribution in [2.75, 3.05) is 5.32 Å². The van der Waals surface area contributed by atoms with Crippen molar-refractivity contribution >= 4 is 11.7 Å². The fourth-order valence-corrected chi connectivity index (χ4v) is 3.20. The Balaban J connectivity index is 0.00000205. The maximum atomic E-state index is 13.7. The molecule has 1 aromatic carbocycles. The average molecular weight is 535 g/mol. The van der Waals surface area contributed by atoms with Crippen LogP contribution < -0.4 is 10.1 Å². The SMILES string of the molecule is C=C/C=C(\C=C)Oc1cccc(C(=O)Nc2ccc(-n3nc(-c4cccnc4)cc3C(F)(F)F)nn2)c1.CC. The van der Waals surface area contributed by atoms with Crippen molar-refractivity contribution in [1.29, 1.82) is 0 Å². The molecule has 1 N–H and O–H groups in total. The molecule has 0 saturated heterocycles. The van der Waals surface area contributed by atoms with Gasteiger partial charge in [0.05, 0.1) is 5.69 Å². The number of rotatable bonds is 8. The van der Waals surface area contributed by atoms with Crippen LogP contribution in [0, 0.1) is 0 Å². The summed E-state index contributed by atoms with van der Waals surface area (Å²) < 4.78 is 47.3. The molecule has 11 heteroatoms. The third-order valence-corrected chi connectivity index (χ3v) is 4.88. The number of carbonyl (C=O) groups excluding carboxylic acids is 1. The Hall–Kier alpha value is -5.06. The molecule has 0 radical (unpaired) electrons. The van der Waals surface area contributed by atoms with Gasteiger partial charge in [0.1, 0.15) is 11.5 Å². The molecule has 4 aromatic rings. The molecule has 0 atom stereocenters. The van der Waals surface area contributed by atoms with Gasteiger partial charge in [-0.3, -0.25) is 9.78 Å². The molecule has 0 saturated carbocycles. The number of hydrogen-bond acceptors (Lipinski definition) is 6. The molecule has 0 aliphatic rings. The smallest absolute Gasteiger partial charge is 0.433 e. The first-order valence-electron chi connectivity index (χ1n) is 11.7. The summed E-state index contributed by atoms with van der Waals surface area (Å²) in [4.78, 5) is 16.6. The van der Waals surface area contributed by atoms with Crippen molar-refractivity contribution in [1.82, 2.24) is 25.0 Å². The van der Waals surface area contributed by atoms with Crippen molar-refractivity contribution in [3.63, 3.8) is 0 Å². The molecule has 0 unspecified atom stereocenters. The first-order chi connectivity index (χ1) is 18.8. The Bertz CT molecular complexity index is 1460. The molecule has 0 aliphatic carbocycles. The predicted molar refractivity (Wildman–Crippen MR) is 142 cm³/mol. The van der Waals surface area contributed by atoms with Crippen molar-refractivity contribution in [3.8, 4) is 22.8 Å². The van der Waals surface area contributed by atoms with Gasteiger partial charge in [-0.25, -0.2) is 4.68 Å². The third kappa shape index (κ3) is 7.25. The first kappa shape index (κ1) is 28.5. The molecule has 1 amide bonds. The van der Waals surface area contributed by atoms with Crippen LogP contribution in [0.1, 0.15) is 29.9 Å². The first-order valence-corrected chi connectivity index (χ1v) is 11.7. The van der Waals surface area contributed by atoms with Crippen LogP contribution in [0.25, 0.3) is 17.1 Å². The summed E-state index contributed by atoms with van der Waals surface area (Å²) in [6, 6.07) is 13.1. The number of amides is 1. The van der Waals surface area contributed by atoms with Crippen LogP contribution in [0.4, 0.5) is 19.0 Å². The number of hydrogen-bond donors (Lipinski definition) is 1. The Labute approximate surface area is 223 Å². The van der Waals surface area contributed by atoms with Gasteiger partial charge in [0.15, 0.2) is 17.3 Å². The maximum absolute atomic E-state index is 13.7. The summed E-state index contributed by atoms with van der Waals surface area (Å²) >= 11 is 0. The minimum Gasteiger partial charge on any atom is -0.457 e. The van der Waals surface area contributed by atoms with Crippen LogP contribution in [0.15, 0.2) is 104 Å². The number of ether oxygens (including phenoxy) is 1. The molecule has 39 heavy (non-hydrogen) atoms. The van der Waals surface area contributed by atoms with Gasteiger partial charge in [-0.05, 0) is 60.7 Å². The molecular formula is C28H25F3N6O2. The van der Waals surface area contributed by atoms with Crippen molar-refractivity contribution in [2.45, 2.75) is 20.0 Å². The van der Waals surface area contributed by atoms with Crippen LogP contribution >= 0.6 is 0 Å². The second kappa shape index (κ2) is 13.0. The van der Waals surface area contributed by atoms with E-state index in [1.54, 1.807) is 36.4 Å². The summed E-state index contributed by atoms with van der Waals surface area (Å²) in [5, 5.41) is 14.3. The lowest BCUT2D eigenvalue weighted by Gasteiger charge is -2.10. The fraction of sp³-hybridized carbons (Fsp3) is 0.107. The minimum atomic E-state index is -4.69. The van der Waals surface area contributed by atoms with Crippen LogP contribution in [0.3, 0.4) is 0 Å². The number of alkyl halides is 3. The van der Waals surface area contributed by atoms with E-state index in [2.05, 4.69) is 38.8 Å². The van der Waals surface area contributed by atoms with E-state index in [9.17, 15) is 18.0 Å². The van der Waals surface area contributed by atoms with E-state index in [1.807, 2.05) is 13.8 Å². The highest BCUT2D eigenvalue weighted by Gasteiger charge is 2.37. The van der Waals surface area contributed by atoms with Gasteiger partial charge in [0.2, 0.25) is 0 Å². The predicted octanol–water partition coefficient (Wildman–Crippen LogP) is 6.66. The summed E-state index contributed by atoms with van der Waals surface area (Å²) in [5.74, 6) is 0.171. The lowest BCUT2D eigenvalue weighted by atomic mass is 10.2. The van der Waals surface area contributed by atoms with Crippen molar-refractivity contribution in [3.05, 3.63) is 115 Å². The lowest BCUT2D eigenvalue weighted by Crippen LogP contribution is -2.16. The summed E-state index contributed by atoms with van der Waals surface area (Å²) in [6.07, 6.45) is 2.87. The molecule has 0 spiro atoms. The second-order valence-electron chi connectivity index (χ2n) is 7.44. The number of carbonyl (C=O) groups is 1. The number of pyridine rings is 1. The molecular weight excluding hydrogens is 509 g/mol. The Morgan fingerprint density at radius 2 is 1.85 bits per heavy atom. The van der Waals surface area contributed by atoms with E-state index in [0.717, 1.165) is 6.07 Å². The molecule has 8 nitrogen and oxygen atoms in total. The quantitative estimate of drug-likeness (QED) is 0.201. The second-order valence-corrected chi connectivity index (χ2v) is 7.44. The van der Waals surface area contributed by atoms with Crippen LogP contribution in [-0.4, -0.2) is 30.9 Å². The van der Waals surface area contributed by atoms with E-state index >= 15 is 0 Å². The Kier molecular flexibility index (Phi) is 9.47. The zero-order valence-corrected chi connectivity index (χ0v) is 21.2. The number of nitrogens with zero attached hydrogens (tertiary/aromatic N) is 5. The highest BCUT2D eigenvalue weighted by atomic mass is 19.4. The van der Waals surface area contributed by atoms with Gasteiger partial charge < -0.3 is 10.1 Å². The number of nitrogens with one attached hydrogen (secondary N) is 1. The summed E-state index contributed by atoms with van der Waals surface area (Å²) in [7, 11) is 0. The third-order valence-electron chi connectivity index (χ3n) is 4.88. The zero-order chi connectivity index (χ0) is 28.4. The number of anilines is 1. The van der Waals surface area contributed by atoms with Gasteiger partial charge in [0.25, 0.3) is 5.91 Å². The van der Waals surface area contributed by atoms with E-state index in [0.29, 0.717) is 21.8 Å². The van der Waals surface area contributed by atoms with Crippen molar-refractivity contribution in [2.24, 2.45) is 0 Å². The highest BCUT2D eigenvalue weighted by Crippen LogP contribution is 2.33. The van der Waals surface area contributed by atoms with E-state index < -0.39 is 17.8 Å². The average Bonchev–Trinajstić information content (AvgIpc) is 3.41. The molecule has 3 heterocycles. The van der Waals surface area contributed by atoms with E-state index in [-0.39, 0.29) is 22.9 Å². The lowest BCUT2D eigenvalue weighted by molar-refractivity contribution is -0.142. The standard InChI is InChI=1S/C26H19F3N6O2.C2H6/c1-3-7-19(4-2)37-20-10-5-8-17(14-20)25(36)31-23-11-12-24(33-32-23)35-22(26(27,28)29)15-21(34-35)18-9-6-13-30-16-18;1-2/h3-16H,1-2H2,(H,31,32,36);1-2H3/b19-7+;. The Morgan fingerprint density at radius 1 is 1.05 bits per heavy atom. The van der Waals surface area contributed by atoms with Gasteiger partial charge in [0, 0.05) is 23.5 Å². The normalized spacial score (nSPS) is 11.2. The summed E-state index contributed by atoms with van der Waals surface area (Å²) in [5.41, 5.74) is -0.282. The highest BCUT2D eigenvalue weighted by molar-refractivity contribution is 6.03. The maximum Gasteiger partial charge on any atom is 0.433 e. The van der Waals surface area contributed by atoms with Crippen LogP contribution in [-0.2, 0) is 6.18 Å². The fourth-order valence-electron chi connectivity index (χ4n) is 3.20. The molecule has 200 valence electrons. The molecule has 4 rings (SSSR count). The van der Waals surface area contributed by atoms with Crippen LogP contribution in [0.2, 0.25) is 0 Å². The number of aromatic nitrogens is 5. The van der Waals surface area contributed by atoms with Gasteiger partial charge in [-0.2, -0.15) is 18.3 Å². The van der Waals surface area contributed by atoms with Gasteiger partial charge >= 0.3 is 6.18 Å². The van der Waals surface area contributed by atoms with Crippen LogP contribution in [0.5, 0.6) is 5.75 Å². The molecule has 0 aliphatic heterocycles. The van der Waals surface area contributed by atoms with Gasteiger partial charge in [-0.1, -0.05) is 39.1 Å². The van der Waals surface area contributed by atoms with Gasteiger partial charge in [-0.15, -0.1) is 10.2 Å². The molecule has 0 fully saturated rings. The largest absolute Gasteiger partial charge is 0.457 e. The molecule has 3 aromatic heterocycles. The molecule has 0 bridgehead atoms. The van der Waals surface area contributed by atoms with E-state index in [4.69, 9.17) is 4.74 Å². The van der Waals surface area contributed by atoms with Crippen molar-refractivity contribution < 1.29 is 22.7 Å². The topological polar surface area (TPSA) is 94.8 Å². The zero-order valence-electron chi connectivity index (χ0n) is 21.2. The Morgan fingerprint density at radius 3 is 2.46 bits per heavy atom. The number of halogens is 3. The summed E-state index contributed by atoms with van der Waals surface area (Å²) in [6.45, 7) is 11.2. The monoisotopic (exact) mass is 534 g/mol. The minimum absolute atomic E-state index is 0.0339. The van der Waals surface area contributed by atoms with E-state index in [1.165, 1.54) is 42.7 Å². The number of allylic oxidation sites excluding steroid dienone is 3.